The molecule has 152 valence electrons. The highest BCUT2D eigenvalue weighted by Crippen LogP contribution is 2.35. The summed E-state index contributed by atoms with van der Waals surface area (Å²) in [4.78, 5) is 0. The average molecular weight is 410 g/mol. The summed E-state index contributed by atoms with van der Waals surface area (Å²) >= 11 is 0. The van der Waals surface area contributed by atoms with Crippen LogP contribution in [0.5, 0.6) is 0 Å². The first-order chi connectivity index (χ1) is 15.8. The first kappa shape index (κ1) is 18.7. The number of fused-ring (bicyclic) bond motifs is 3. The topological polar surface area (TPSA) is 4.93 Å². The summed E-state index contributed by atoms with van der Waals surface area (Å²) < 4.78 is 2.37. The zero-order valence-corrected chi connectivity index (χ0v) is 18.0. The Hall–Kier alpha value is -4.10. The lowest BCUT2D eigenvalue weighted by atomic mass is 9.94. The van der Waals surface area contributed by atoms with Crippen molar-refractivity contribution in [2.24, 2.45) is 0 Å². The van der Waals surface area contributed by atoms with E-state index in [1.54, 1.807) is 0 Å². The zero-order valence-electron chi connectivity index (χ0n) is 18.0. The molecule has 1 heterocycles. The maximum absolute atomic E-state index is 2.37. The first-order valence-electron chi connectivity index (χ1n) is 11.0. The fraction of sp³-hybridized carbons (Fsp3) is 0.0323. The smallest absolute Gasteiger partial charge is 0.0541 e. The van der Waals surface area contributed by atoms with Crippen LogP contribution in [0.4, 0.5) is 0 Å². The minimum Gasteiger partial charge on any atom is -0.309 e. The average Bonchev–Trinajstić information content (AvgIpc) is 3.18. The third-order valence-electron chi connectivity index (χ3n) is 6.28. The van der Waals surface area contributed by atoms with E-state index in [-0.39, 0.29) is 0 Å². The molecule has 32 heavy (non-hydrogen) atoms. The van der Waals surface area contributed by atoms with Gasteiger partial charge in [0.25, 0.3) is 0 Å². The second-order valence-electron chi connectivity index (χ2n) is 8.33. The SMILES string of the molecule is Cc1ccc2c(c1)c1ccccc1n2-c1ccc(-c2ccccc2-c2ccccc2)cc1. The number of benzene rings is 5. The van der Waals surface area contributed by atoms with Crippen LogP contribution in [0.2, 0.25) is 0 Å². The van der Waals surface area contributed by atoms with Crippen LogP contribution in [-0.4, -0.2) is 4.57 Å². The Morgan fingerprint density at radius 1 is 0.469 bits per heavy atom. The number of aromatic nitrogens is 1. The molecule has 6 rings (SSSR count). The van der Waals surface area contributed by atoms with E-state index in [1.807, 2.05) is 0 Å². The molecule has 0 N–H and O–H groups in total. The van der Waals surface area contributed by atoms with Crippen LogP contribution in [0.3, 0.4) is 0 Å². The van der Waals surface area contributed by atoms with Gasteiger partial charge in [-0.2, -0.15) is 0 Å². The van der Waals surface area contributed by atoms with Crippen LogP contribution in [0, 0.1) is 6.92 Å². The maximum Gasteiger partial charge on any atom is 0.0541 e. The molecule has 0 saturated carbocycles. The Kier molecular flexibility index (Phi) is 4.40. The molecule has 1 heteroatoms. The normalized spacial score (nSPS) is 11.3. The standard InChI is InChI=1S/C31H23N/c1-22-15-20-31-29(21-22)28-13-7-8-14-30(28)32(31)25-18-16-24(17-19-25)27-12-6-5-11-26(27)23-9-3-2-4-10-23/h2-21H,1H3. The van der Waals surface area contributed by atoms with Gasteiger partial charge in [0.1, 0.15) is 0 Å². The largest absolute Gasteiger partial charge is 0.309 e. The quantitative estimate of drug-likeness (QED) is 0.276. The van der Waals surface area contributed by atoms with Gasteiger partial charge in [-0.05, 0) is 59.5 Å². The number of hydrogen-bond donors (Lipinski definition) is 0. The van der Waals surface area contributed by atoms with Crippen molar-refractivity contribution in [3.05, 3.63) is 127 Å². The van der Waals surface area contributed by atoms with Gasteiger partial charge in [0.05, 0.1) is 11.0 Å². The van der Waals surface area contributed by atoms with Crippen molar-refractivity contribution in [1.29, 1.82) is 0 Å². The van der Waals surface area contributed by atoms with Crippen LogP contribution >= 0.6 is 0 Å². The second kappa shape index (κ2) is 7.55. The third-order valence-corrected chi connectivity index (χ3v) is 6.28. The number of rotatable bonds is 3. The van der Waals surface area contributed by atoms with Crippen LogP contribution in [0.25, 0.3) is 49.7 Å². The van der Waals surface area contributed by atoms with Crippen molar-refractivity contribution < 1.29 is 0 Å². The highest BCUT2D eigenvalue weighted by atomic mass is 15.0. The van der Waals surface area contributed by atoms with Gasteiger partial charge < -0.3 is 4.57 Å². The van der Waals surface area contributed by atoms with E-state index in [0.29, 0.717) is 0 Å². The van der Waals surface area contributed by atoms with Gasteiger partial charge in [0.2, 0.25) is 0 Å². The summed E-state index contributed by atoms with van der Waals surface area (Å²) in [5, 5.41) is 2.60. The molecule has 1 aromatic heterocycles. The predicted molar refractivity (Wildman–Crippen MR) is 136 cm³/mol. The highest BCUT2D eigenvalue weighted by Gasteiger charge is 2.13. The summed E-state index contributed by atoms with van der Waals surface area (Å²) in [7, 11) is 0. The molecule has 0 aliphatic heterocycles. The molecule has 0 radical (unpaired) electrons. The van der Waals surface area contributed by atoms with Gasteiger partial charge in [-0.25, -0.2) is 0 Å². The maximum atomic E-state index is 2.37. The number of hydrogen-bond acceptors (Lipinski definition) is 0. The van der Waals surface area contributed by atoms with Gasteiger partial charge in [0.15, 0.2) is 0 Å². The summed E-state index contributed by atoms with van der Waals surface area (Å²) in [5.74, 6) is 0. The molecular weight excluding hydrogens is 386 g/mol. The molecule has 0 saturated heterocycles. The lowest BCUT2D eigenvalue weighted by molar-refractivity contribution is 1.18. The molecule has 0 atom stereocenters. The molecule has 6 aromatic rings. The van der Waals surface area contributed by atoms with Crippen LogP contribution in [-0.2, 0) is 0 Å². The van der Waals surface area contributed by atoms with Crippen molar-refractivity contribution >= 4 is 21.8 Å². The van der Waals surface area contributed by atoms with E-state index in [2.05, 4.69) is 133 Å². The molecular formula is C31H23N. The molecule has 0 amide bonds. The molecule has 0 fully saturated rings. The van der Waals surface area contributed by atoms with E-state index in [0.717, 1.165) is 0 Å². The minimum absolute atomic E-state index is 1.18. The van der Waals surface area contributed by atoms with Crippen molar-refractivity contribution in [3.63, 3.8) is 0 Å². The number of nitrogens with zero attached hydrogens (tertiary/aromatic N) is 1. The second-order valence-corrected chi connectivity index (χ2v) is 8.33. The molecule has 0 aliphatic rings. The van der Waals surface area contributed by atoms with Crippen LogP contribution in [0.15, 0.2) is 121 Å². The number of aryl methyl sites for hydroxylation is 1. The van der Waals surface area contributed by atoms with E-state index in [1.165, 1.54) is 55.3 Å². The fourth-order valence-electron chi connectivity index (χ4n) is 4.76. The lowest BCUT2D eigenvalue weighted by Gasteiger charge is -2.12. The van der Waals surface area contributed by atoms with Gasteiger partial charge in [0, 0.05) is 16.5 Å². The summed E-state index contributed by atoms with van der Waals surface area (Å²) in [6.45, 7) is 2.16. The third kappa shape index (κ3) is 3.02. The fourth-order valence-corrected chi connectivity index (χ4v) is 4.76. The lowest BCUT2D eigenvalue weighted by Crippen LogP contribution is -1.94. The molecule has 1 nitrogen and oxygen atoms in total. The van der Waals surface area contributed by atoms with Crippen LogP contribution in [0.1, 0.15) is 5.56 Å². The molecule has 5 aromatic carbocycles. The Balaban J connectivity index is 1.50. The monoisotopic (exact) mass is 409 g/mol. The van der Waals surface area contributed by atoms with Crippen LogP contribution < -0.4 is 0 Å². The molecule has 0 bridgehead atoms. The Morgan fingerprint density at radius 3 is 1.81 bits per heavy atom. The predicted octanol–water partition coefficient (Wildman–Crippen LogP) is 8.43. The van der Waals surface area contributed by atoms with Gasteiger partial charge in [-0.1, -0.05) is 96.6 Å². The number of para-hydroxylation sites is 1. The van der Waals surface area contributed by atoms with Crippen molar-refractivity contribution in [3.8, 4) is 27.9 Å². The summed E-state index contributed by atoms with van der Waals surface area (Å²) in [6, 6.07) is 43.6. The summed E-state index contributed by atoms with van der Waals surface area (Å²) in [6.07, 6.45) is 0. The molecule has 0 spiro atoms. The Labute approximate surface area is 188 Å². The van der Waals surface area contributed by atoms with Crippen molar-refractivity contribution in [1.82, 2.24) is 4.57 Å². The van der Waals surface area contributed by atoms with Gasteiger partial charge >= 0.3 is 0 Å². The molecule has 0 aliphatic carbocycles. The highest BCUT2D eigenvalue weighted by molar-refractivity contribution is 6.09. The van der Waals surface area contributed by atoms with E-state index >= 15 is 0 Å². The van der Waals surface area contributed by atoms with Gasteiger partial charge in [-0.3, -0.25) is 0 Å². The van der Waals surface area contributed by atoms with E-state index in [4.69, 9.17) is 0 Å². The summed E-state index contributed by atoms with van der Waals surface area (Å²) in [5.41, 5.74) is 9.93. The first-order valence-corrected chi connectivity index (χ1v) is 11.0. The van der Waals surface area contributed by atoms with Gasteiger partial charge in [-0.15, -0.1) is 0 Å². The van der Waals surface area contributed by atoms with E-state index in [9.17, 15) is 0 Å². The Morgan fingerprint density at radius 2 is 1.06 bits per heavy atom. The Bertz CT molecular complexity index is 1550. The molecule has 0 unspecified atom stereocenters. The van der Waals surface area contributed by atoms with Crippen molar-refractivity contribution in [2.75, 3.05) is 0 Å². The zero-order chi connectivity index (χ0) is 21.5. The minimum atomic E-state index is 1.18. The van der Waals surface area contributed by atoms with E-state index < -0.39 is 0 Å². The van der Waals surface area contributed by atoms with Crippen molar-refractivity contribution in [2.45, 2.75) is 6.92 Å².